The number of nitrogens with two attached hydrogens (primary N) is 1. The summed E-state index contributed by atoms with van der Waals surface area (Å²) in [6, 6.07) is -1.42. The third kappa shape index (κ3) is 5.95. The lowest BCUT2D eigenvalue weighted by atomic mass is 9.89. The molecule has 2 amide bonds. The molecule has 1 aliphatic rings. The molecule has 26 heavy (non-hydrogen) atoms. The molecule has 0 aromatic carbocycles. The molecule has 0 aromatic rings. The van der Waals surface area contributed by atoms with Crippen LogP contribution in [0.2, 0.25) is 0 Å². The number of carbonyl (C=O) groups is 3. The maximum absolute atomic E-state index is 11.7. The molecule has 1 aliphatic carbocycles. The first-order valence-electron chi connectivity index (χ1n) is 8.00. The molecule has 0 bridgehead atoms. The van der Waals surface area contributed by atoms with Crippen molar-refractivity contribution in [2.24, 2.45) is 11.7 Å². The fraction of sp³-hybridized carbons (Fsp3) is 0.571. The molecule has 1 rings (SSSR count). The highest BCUT2D eigenvalue weighted by Crippen LogP contribution is 2.30. The number of nitrogens with one attached hydrogen (secondary N) is 4. The van der Waals surface area contributed by atoms with Crippen LogP contribution in [0.1, 0.15) is 19.8 Å². The van der Waals surface area contributed by atoms with Crippen LogP contribution in [0, 0.1) is 11.3 Å². The van der Waals surface area contributed by atoms with Crippen molar-refractivity contribution in [3.8, 4) is 0 Å². The molecule has 0 heterocycles. The van der Waals surface area contributed by atoms with Crippen LogP contribution in [0.4, 0.5) is 4.79 Å². The quantitative estimate of drug-likeness (QED) is 0.138. The van der Waals surface area contributed by atoms with E-state index in [0.29, 0.717) is 0 Å². The lowest BCUT2D eigenvalue weighted by Gasteiger charge is -2.34. The number of carboxylic acids is 1. The Labute approximate surface area is 151 Å². The predicted molar refractivity (Wildman–Crippen MR) is 93.9 cm³/mol. The molecule has 0 spiro atoms. The highest BCUT2D eigenvalue weighted by atomic mass is 16.6. The summed E-state index contributed by atoms with van der Waals surface area (Å²) in [6.45, 7) is 0.956. The first-order chi connectivity index (χ1) is 12.2. The second kappa shape index (κ2) is 9.66. The van der Waals surface area contributed by atoms with Gasteiger partial charge < -0.3 is 36.5 Å². The van der Waals surface area contributed by atoms with Crippen LogP contribution >= 0.6 is 0 Å². The number of amides is 2. The van der Waals surface area contributed by atoms with Gasteiger partial charge in [0.25, 0.3) is 0 Å². The zero-order valence-corrected chi connectivity index (χ0v) is 14.6. The van der Waals surface area contributed by atoms with E-state index >= 15 is 0 Å². The number of carbonyl (C=O) groups excluding carboxylic acids is 2. The minimum Gasteiger partial charge on any atom is -0.478 e. The van der Waals surface area contributed by atoms with E-state index in [9.17, 15) is 24.6 Å². The number of carboxylic acid groups (broad SMARTS) is 1. The summed E-state index contributed by atoms with van der Waals surface area (Å²) in [5.74, 6) is -2.53. The zero-order chi connectivity index (χ0) is 19.9. The molecule has 0 saturated carbocycles. The number of aliphatic hydroxyl groups is 1. The van der Waals surface area contributed by atoms with Gasteiger partial charge in [-0.3, -0.25) is 10.2 Å². The number of hydrogen-bond donors (Lipinski definition) is 7. The Morgan fingerprint density at radius 1 is 1.50 bits per heavy atom. The van der Waals surface area contributed by atoms with Crippen LogP contribution in [-0.2, 0) is 14.3 Å². The molecule has 8 N–H and O–H groups in total. The SMILES string of the molecule is BNC(=O)O[C@@H](CCO)[C@@H](NC(C)=O)[C@@H]1C=C(C(=O)O)C[C@H]1NC(=N)N. The summed E-state index contributed by atoms with van der Waals surface area (Å²) in [7, 11) is 1.36. The summed E-state index contributed by atoms with van der Waals surface area (Å²) in [6.07, 6.45) is -0.134. The monoisotopic (exact) mass is 369 g/mol. The van der Waals surface area contributed by atoms with Crippen LogP contribution in [0.5, 0.6) is 0 Å². The van der Waals surface area contributed by atoms with E-state index in [1.807, 2.05) is 0 Å². The lowest BCUT2D eigenvalue weighted by Crippen LogP contribution is -2.55. The second-order valence-corrected chi connectivity index (χ2v) is 5.88. The van der Waals surface area contributed by atoms with Crippen LogP contribution in [0.15, 0.2) is 11.6 Å². The minimum atomic E-state index is -1.13. The van der Waals surface area contributed by atoms with Gasteiger partial charge in [-0.15, -0.1) is 0 Å². The van der Waals surface area contributed by atoms with Crippen LogP contribution < -0.4 is 21.6 Å². The highest BCUT2D eigenvalue weighted by molar-refractivity contribution is 6.12. The molecule has 0 aliphatic heterocycles. The molecule has 0 saturated heterocycles. The van der Waals surface area contributed by atoms with Gasteiger partial charge in [-0.1, -0.05) is 6.08 Å². The standard InChI is InChI=1S/C14H24BN5O6/c1-6(22)18-11(10(2-3-21)26-14(25)20-15)8-4-7(12(23)24)5-9(8)19-13(16)17/h4,8-11,21H,2-3,5,15H2,1H3,(H,18,22)(H,20,25)(H,23,24)(H4,16,17,19)/t8-,9-,10+,11+/m1/s1. The molecule has 11 nitrogen and oxygen atoms in total. The molecule has 0 radical (unpaired) electrons. The first-order valence-corrected chi connectivity index (χ1v) is 8.00. The Balaban J connectivity index is 3.22. The van der Waals surface area contributed by atoms with Crippen molar-refractivity contribution < 1.29 is 29.3 Å². The normalized spacial score (nSPS) is 21.1. The summed E-state index contributed by atoms with van der Waals surface area (Å²) >= 11 is 0. The number of aliphatic hydroxyl groups excluding tert-OH is 1. The maximum Gasteiger partial charge on any atom is 0.394 e. The second-order valence-electron chi connectivity index (χ2n) is 5.88. The fourth-order valence-corrected chi connectivity index (χ4v) is 2.96. The molecule has 144 valence electrons. The van der Waals surface area contributed by atoms with Gasteiger partial charge in [0.1, 0.15) is 6.10 Å². The average Bonchev–Trinajstić information content (AvgIpc) is 2.95. The summed E-state index contributed by atoms with van der Waals surface area (Å²) in [5.41, 5.74) is 5.46. The number of aliphatic carboxylic acids is 1. The number of rotatable bonds is 8. The number of ether oxygens (including phenoxy) is 1. The first kappa shape index (κ1) is 21.3. The van der Waals surface area contributed by atoms with Crippen LogP contribution in [0.25, 0.3) is 0 Å². The van der Waals surface area contributed by atoms with E-state index in [1.165, 1.54) is 21.0 Å². The van der Waals surface area contributed by atoms with Crippen LogP contribution in [0.3, 0.4) is 0 Å². The van der Waals surface area contributed by atoms with Gasteiger partial charge >= 0.3 is 12.1 Å². The number of guanidine groups is 1. The predicted octanol–water partition coefficient (Wildman–Crippen LogP) is -2.60. The van der Waals surface area contributed by atoms with E-state index in [2.05, 4.69) is 15.9 Å². The van der Waals surface area contributed by atoms with Gasteiger partial charge in [-0.05, 0) is 0 Å². The lowest BCUT2D eigenvalue weighted by molar-refractivity contribution is -0.132. The van der Waals surface area contributed by atoms with Gasteiger partial charge in [0, 0.05) is 43.9 Å². The molecule has 4 atom stereocenters. The molecular weight excluding hydrogens is 345 g/mol. The third-order valence-corrected chi connectivity index (χ3v) is 3.97. The topological polar surface area (TPSA) is 187 Å². The van der Waals surface area contributed by atoms with E-state index in [1.54, 1.807) is 0 Å². The van der Waals surface area contributed by atoms with E-state index in [0.717, 1.165) is 0 Å². The van der Waals surface area contributed by atoms with Crippen molar-refractivity contribution in [1.82, 2.24) is 15.9 Å². The Morgan fingerprint density at radius 3 is 2.62 bits per heavy atom. The van der Waals surface area contributed by atoms with Crippen molar-refractivity contribution >= 4 is 31.9 Å². The van der Waals surface area contributed by atoms with Crippen molar-refractivity contribution in [2.45, 2.75) is 38.0 Å². The maximum atomic E-state index is 11.7. The Hall–Kier alpha value is -2.76. The van der Waals surface area contributed by atoms with E-state index in [-0.39, 0.29) is 31.0 Å². The van der Waals surface area contributed by atoms with E-state index < -0.39 is 42.1 Å². The molecule has 12 heteroatoms. The largest absolute Gasteiger partial charge is 0.478 e. The minimum absolute atomic E-state index is 0.0257. The molecule has 0 fully saturated rings. The number of hydrogen-bond acceptors (Lipinski definition) is 6. The Bertz CT molecular complexity index is 598. The molecule has 0 unspecified atom stereocenters. The van der Waals surface area contributed by atoms with Crippen molar-refractivity contribution in [2.75, 3.05) is 6.61 Å². The van der Waals surface area contributed by atoms with Crippen molar-refractivity contribution in [3.63, 3.8) is 0 Å². The van der Waals surface area contributed by atoms with Gasteiger partial charge in [0.15, 0.2) is 5.96 Å². The van der Waals surface area contributed by atoms with Crippen LogP contribution in [-0.4, -0.2) is 66.9 Å². The Kier molecular flexibility index (Phi) is 7.91. The average molecular weight is 369 g/mol. The zero-order valence-electron chi connectivity index (χ0n) is 14.6. The summed E-state index contributed by atoms with van der Waals surface area (Å²) in [4.78, 5) is 34.6. The molecular formula is C14H24BN5O6. The smallest absolute Gasteiger partial charge is 0.394 e. The molecule has 0 aromatic heterocycles. The van der Waals surface area contributed by atoms with Gasteiger partial charge in [-0.2, -0.15) is 0 Å². The summed E-state index contributed by atoms with van der Waals surface area (Å²) in [5, 5.41) is 33.6. The van der Waals surface area contributed by atoms with E-state index in [4.69, 9.17) is 15.9 Å². The van der Waals surface area contributed by atoms with Gasteiger partial charge in [-0.25, -0.2) is 9.59 Å². The van der Waals surface area contributed by atoms with Crippen molar-refractivity contribution in [3.05, 3.63) is 11.6 Å². The fourth-order valence-electron chi connectivity index (χ4n) is 2.96. The van der Waals surface area contributed by atoms with Crippen molar-refractivity contribution in [1.29, 1.82) is 5.41 Å². The Morgan fingerprint density at radius 2 is 2.15 bits per heavy atom. The third-order valence-electron chi connectivity index (χ3n) is 3.97. The van der Waals surface area contributed by atoms with Gasteiger partial charge in [0.2, 0.25) is 13.9 Å². The summed E-state index contributed by atoms with van der Waals surface area (Å²) < 4.78 is 5.25. The van der Waals surface area contributed by atoms with Gasteiger partial charge in [0.05, 0.1) is 6.04 Å². The highest BCUT2D eigenvalue weighted by Gasteiger charge is 2.41.